The van der Waals surface area contributed by atoms with Crippen LogP contribution in [0.5, 0.6) is 11.5 Å². The van der Waals surface area contributed by atoms with Gasteiger partial charge in [-0.3, -0.25) is 39.1 Å². The van der Waals surface area contributed by atoms with Gasteiger partial charge in [0.05, 0.1) is 22.5 Å². The molecule has 4 N–H and O–H groups in total. The van der Waals surface area contributed by atoms with Crippen molar-refractivity contribution in [1.82, 2.24) is 30.2 Å². The third-order valence-electron chi connectivity index (χ3n) is 14.2. The van der Waals surface area contributed by atoms with Gasteiger partial charge in [0, 0.05) is 107 Å². The van der Waals surface area contributed by atoms with Crippen molar-refractivity contribution >= 4 is 52.4 Å². The van der Waals surface area contributed by atoms with Gasteiger partial charge in [-0.05, 0) is 86.6 Å². The zero-order valence-electron chi connectivity index (χ0n) is 36.3. The van der Waals surface area contributed by atoms with Gasteiger partial charge >= 0.3 is 0 Å². The first-order valence-electron chi connectivity index (χ1n) is 22.9. The summed E-state index contributed by atoms with van der Waals surface area (Å²) in [5.74, 6) is -0.205. The molecule has 338 valence electrons. The fourth-order valence-electron chi connectivity index (χ4n) is 10.7. The molecular formula is C48H54N10O7. The number of anilines is 4. The van der Waals surface area contributed by atoms with Crippen molar-refractivity contribution in [3.05, 3.63) is 83.9 Å². The Morgan fingerprint density at radius 1 is 0.754 bits per heavy atom. The van der Waals surface area contributed by atoms with E-state index in [1.165, 1.54) is 0 Å². The number of nitrogens with zero attached hydrogens (tertiary/aromatic N) is 8. The highest BCUT2D eigenvalue weighted by Crippen LogP contribution is 2.40. The van der Waals surface area contributed by atoms with Crippen molar-refractivity contribution in [2.45, 2.75) is 63.1 Å². The predicted octanol–water partition coefficient (Wildman–Crippen LogP) is 3.52. The normalized spacial score (nSPS) is 22.7. The van der Waals surface area contributed by atoms with Gasteiger partial charge in [-0.25, -0.2) is 0 Å². The van der Waals surface area contributed by atoms with Crippen molar-refractivity contribution in [2.75, 3.05) is 85.9 Å². The van der Waals surface area contributed by atoms with Gasteiger partial charge in [-0.1, -0.05) is 18.2 Å². The average molecular weight is 883 g/mol. The first-order valence-corrected chi connectivity index (χ1v) is 22.9. The number of amides is 5. The zero-order valence-corrected chi connectivity index (χ0v) is 36.3. The second-order valence-electron chi connectivity index (χ2n) is 18.1. The first kappa shape index (κ1) is 42.2. The van der Waals surface area contributed by atoms with Crippen LogP contribution in [0.15, 0.2) is 72.8 Å². The van der Waals surface area contributed by atoms with Gasteiger partial charge in [0.2, 0.25) is 17.7 Å². The standard InChI is InChI=1S/C48H54N10O7/c49-45-41(27-39(51-52-45)37-6-1-2-7-42(37)59)56-28-33-8-9-34(29-56)57(33)32-4-3-5-35(25-32)65-23-22-53-18-20-55(21-19-53)44(61)24-30-14-16-54(17-15-30)31-10-11-36-38(26-31)48(64)58(47(36)63)40-12-13-43(60)50-46(40)62/h1-7,10-11,25-27,30,33-34,40,59H,8-9,12-24,28-29H2,(H2,49,52)(H,50,60,62). The Morgan fingerprint density at radius 2 is 1.51 bits per heavy atom. The van der Waals surface area contributed by atoms with Crippen LogP contribution in [0.25, 0.3) is 11.3 Å². The molecule has 10 rings (SSSR count). The summed E-state index contributed by atoms with van der Waals surface area (Å²) in [6, 6.07) is 22.3. The van der Waals surface area contributed by atoms with Crippen molar-refractivity contribution < 1.29 is 33.8 Å². The van der Waals surface area contributed by atoms with Crippen LogP contribution in [0.1, 0.15) is 65.7 Å². The van der Waals surface area contributed by atoms with Gasteiger partial charge in [-0.15, -0.1) is 10.2 Å². The molecule has 0 spiro atoms. The number of phenolic OH excluding ortho intramolecular Hbond substituents is 1. The summed E-state index contributed by atoms with van der Waals surface area (Å²) in [5.41, 5.74) is 11.0. The van der Waals surface area contributed by atoms with Crippen LogP contribution >= 0.6 is 0 Å². The molecule has 7 heterocycles. The molecule has 4 aromatic rings. The van der Waals surface area contributed by atoms with E-state index in [1.807, 2.05) is 35.2 Å². The topological polar surface area (TPSA) is 198 Å². The number of benzene rings is 3. The molecule has 0 aliphatic carbocycles. The Kier molecular flexibility index (Phi) is 11.5. The number of piperazine rings is 2. The molecule has 65 heavy (non-hydrogen) atoms. The Morgan fingerprint density at radius 3 is 2.26 bits per heavy atom. The van der Waals surface area contributed by atoms with Crippen molar-refractivity contribution in [3.63, 3.8) is 0 Å². The summed E-state index contributed by atoms with van der Waals surface area (Å²) < 4.78 is 6.31. The molecule has 5 saturated heterocycles. The fourth-order valence-corrected chi connectivity index (χ4v) is 10.7. The summed E-state index contributed by atoms with van der Waals surface area (Å²) in [5, 5.41) is 21.2. The Bertz CT molecular complexity index is 2510. The number of rotatable bonds is 11. The molecule has 6 aliphatic rings. The lowest BCUT2D eigenvalue weighted by molar-refractivity contribution is -0.136. The number of hydrogen-bond donors (Lipinski definition) is 3. The highest BCUT2D eigenvalue weighted by atomic mass is 16.5. The predicted molar refractivity (Wildman–Crippen MR) is 243 cm³/mol. The average Bonchev–Trinajstić information content (AvgIpc) is 3.73. The van der Waals surface area contributed by atoms with Gasteiger partial charge in [0.25, 0.3) is 11.8 Å². The number of aromatic hydroxyl groups is 1. The van der Waals surface area contributed by atoms with Crippen molar-refractivity contribution in [3.8, 4) is 22.8 Å². The first-order chi connectivity index (χ1) is 31.6. The number of nitrogens with two attached hydrogens (primary N) is 1. The van der Waals surface area contributed by atoms with E-state index in [2.05, 4.69) is 53.3 Å². The second kappa shape index (κ2) is 17.7. The lowest BCUT2D eigenvalue weighted by atomic mass is 9.92. The number of nitrogens with one attached hydrogen (secondary N) is 1. The number of phenols is 1. The minimum atomic E-state index is -0.993. The van der Waals surface area contributed by atoms with E-state index >= 15 is 0 Å². The number of hydrogen-bond acceptors (Lipinski definition) is 14. The zero-order chi connectivity index (χ0) is 44.8. The minimum Gasteiger partial charge on any atom is -0.507 e. The summed E-state index contributed by atoms with van der Waals surface area (Å²) >= 11 is 0. The van der Waals surface area contributed by atoms with Crippen molar-refractivity contribution in [1.29, 1.82) is 0 Å². The quantitative estimate of drug-likeness (QED) is 0.185. The number of carbonyl (C=O) groups excluding carboxylic acids is 5. The van der Waals surface area contributed by atoms with Crippen LogP contribution in [0.4, 0.5) is 22.9 Å². The largest absolute Gasteiger partial charge is 0.507 e. The molecule has 3 aromatic carbocycles. The van der Waals surface area contributed by atoms with Crippen LogP contribution in [0.3, 0.4) is 0 Å². The number of piperidine rings is 2. The van der Waals surface area contributed by atoms with E-state index in [0.29, 0.717) is 55.3 Å². The second-order valence-corrected chi connectivity index (χ2v) is 18.1. The molecule has 3 unspecified atom stereocenters. The summed E-state index contributed by atoms with van der Waals surface area (Å²) in [6.07, 6.45) is 4.55. The van der Waals surface area contributed by atoms with Crippen LogP contribution in [0, 0.1) is 5.92 Å². The Labute approximate surface area is 377 Å². The maximum absolute atomic E-state index is 13.4. The van der Waals surface area contributed by atoms with E-state index in [-0.39, 0.29) is 41.5 Å². The number of carbonyl (C=O) groups is 5. The van der Waals surface area contributed by atoms with Gasteiger partial charge in [-0.2, -0.15) is 0 Å². The van der Waals surface area contributed by atoms with Gasteiger partial charge in [0.15, 0.2) is 5.82 Å². The highest BCUT2D eigenvalue weighted by molar-refractivity contribution is 6.23. The molecular weight excluding hydrogens is 829 g/mol. The van der Waals surface area contributed by atoms with Crippen molar-refractivity contribution in [2.24, 2.45) is 5.92 Å². The fraction of sp³-hybridized carbons (Fsp3) is 0.438. The third-order valence-corrected chi connectivity index (χ3v) is 14.2. The number of nitrogen functional groups attached to an aromatic ring is 1. The summed E-state index contributed by atoms with van der Waals surface area (Å²) in [4.78, 5) is 76.4. The van der Waals surface area contributed by atoms with E-state index in [0.717, 1.165) is 99.2 Å². The lowest BCUT2D eigenvalue weighted by Gasteiger charge is -2.43. The molecule has 17 nitrogen and oxygen atoms in total. The Hall–Kier alpha value is -6.75. The number of ether oxygens (including phenoxy) is 1. The van der Waals surface area contributed by atoms with Gasteiger partial charge < -0.3 is 35.2 Å². The molecule has 3 atom stereocenters. The number of aromatic nitrogens is 2. The monoisotopic (exact) mass is 882 g/mol. The molecule has 17 heteroatoms. The van der Waals surface area contributed by atoms with E-state index < -0.39 is 29.7 Å². The molecule has 1 aromatic heterocycles. The van der Waals surface area contributed by atoms with Gasteiger partial charge in [0.1, 0.15) is 24.1 Å². The molecule has 5 amide bonds. The van der Waals surface area contributed by atoms with E-state index in [1.54, 1.807) is 24.3 Å². The lowest BCUT2D eigenvalue weighted by Crippen LogP contribution is -2.54. The third kappa shape index (κ3) is 8.40. The molecule has 6 aliphatic heterocycles. The number of fused-ring (bicyclic) bond motifs is 3. The maximum Gasteiger partial charge on any atom is 0.262 e. The van der Waals surface area contributed by atoms with Crippen LogP contribution in [-0.4, -0.2) is 143 Å². The minimum absolute atomic E-state index is 0.0776. The van der Waals surface area contributed by atoms with Crippen LogP contribution in [0.2, 0.25) is 0 Å². The molecule has 0 saturated carbocycles. The molecule has 0 radical (unpaired) electrons. The summed E-state index contributed by atoms with van der Waals surface area (Å²) in [6.45, 7) is 7.36. The summed E-state index contributed by atoms with van der Waals surface area (Å²) in [7, 11) is 0. The van der Waals surface area contributed by atoms with Crippen LogP contribution < -0.4 is 30.5 Å². The highest BCUT2D eigenvalue weighted by Gasteiger charge is 2.45. The molecule has 5 fully saturated rings. The van der Waals surface area contributed by atoms with Crippen LogP contribution in [-0.2, 0) is 14.4 Å². The number of imide groups is 2. The molecule has 2 bridgehead atoms. The SMILES string of the molecule is Nc1nnc(-c2ccccc2O)cc1N1CC2CCC(C1)N2c1cccc(OCCN2CCN(C(=O)CC3CCN(c4ccc5c(c4)C(=O)N(C4CCC(=O)NC4=O)C5=O)CC3)CC2)c1. The van der Waals surface area contributed by atoms with E-state index in [9.17, 15) is 29.1 Å². The Balaban J connectivity index is 0.659. The van der Waals surface area contributed by atoms with E-state index in [4.69, 9.17) is 10.5 Å². The maximum atomic E-state index is 13.4. The number of para-hydroxylation sites is 1. The smallest absolute Gasteiger partial charge is 0.262 e.